The molecule has 0 bridgehead atoms. The second kappa shape index (κ2) is 11.9. The number of carbonyl (C=O) groups excluding carboxylic acids is 2. The summed E-state index contributed by atoms with van der Waals surface area (Å²) in [5.41, 5.74) is 2.32. The van der Waals surface area contributed by atoms with Crippen LogP contribution in [0.1, 0.15) is 55.2 Å². The van der Waals surface area contributed by atoms with Crippen LogP contribution in [0.25, 0.3) is 5.69 Å². The molecule has 1 fully saturated rings. The molecule has 0 saturated carbocycles. The summed E-state index contributed by atoms with van der Waals surface area (Å²) in [7, 11) is 0. The van der Waals surface area contributed by atoms with E-state index >= 15 is 0 Å². The standard InChI is InChI=1S/C26H31N5O2S/c1-2-9-25(33)27-21-14-12-20(13-15-21)23(32)19-34-26-29-28-24(18-30-16-7-4-8-17-30)31(26)22-10-5-3-6-11-22/h3,5-6,10-15H,2,4,7-9,16-19H2,1H3,(H,27,33). The molecule has 8 heteroatoms. The molecule has 0 atom stereocenters. The Bertz CT molecular complexity index is 1090. The average Bonchev–Trinajstić information content (AvgIpc) is 3.26. The summed E-state index contributed by atoms with van der Waals surface area (Å²) in [6.07, 6.45) is 5.01. The molecule has 1 aliphatic rings. The van der Waals surface area contributed by atoms with Crippen LogP contribution >= 0.6 is 11.8 Å². The van der Waals surface area contributed by atoms with E-state index in [2.05, 4.69) is 25.0 Å². The summed E-state index contributed by atoms with van der Waals surface area (Å²) < 4.78 is 2.07. The minimum Gasteiger partial charge on any atom is -0.326 e. The van der Waals surface area contributed by atoms with Crippen LogP contribution in [0.4, 0.5) is 5.69 Å². The second-order valence-corrected chi connectivity index (χ2v) is 9.44. The van der Waals surface area contributed by atoms with Gasteiger partial charge in [0.2, 0.25) is 5.91 Å². The highest BCUT2D eigenvalue weighted by atomic mass is 32.2. The Morgan fingerprint density at radius 2 is 1.71 bits per heavy atom. The quantitative estimate of drug-likeness (QED) is 0.328. The highest BCUT2D eigenvalue weighted by Gasteiger charge is 2.19. The van der Waals surface area contributed by atoms with Crippen molar-refractivity contribution in [1.82, 2.24) is 19.7 Å². The summed E-state index contributed by atoms with van der Waals surface area (Å²) in [5.74, 6) is 1.15. The fourth-order valence-electron chi connectivity index (χ4n) is 4.05. The number of amides is 1. The van der Waals surface area contributed by atoms with Crippen molar-refractivity contribution in [3.63, 3.8) is 0 Å². The predicted molar refractivity (Wildman–Crippen MR) is 136 cm³/mol. The van der Waals surface area contributed by atoms with Crippen molar-refractivity contribution in [3.8, 4) is 5.69 Å². The van der Waals surface area contributed by atoms with Gasteiger partial charge in [0.15, 0.2) is 16.8 Å². The molecule has 0 radical (unpaired) electrons. The van der Waals surface area contributed by atoms with E-state index in [-0.39, 0.29) is 17.4 Å². The summed E-state index contributed by atoms with van der Waals surface area (Å²) >= 11 is 1.40. The molecule has 2 aromatic carbocycles. The van der Waals surface area contributed by atoms with Crippen molar-refractivity contribution in [2.24, 2.45) is 0 Å². The molecule has 1 aromatic heterocycles. The Morgan fingerprint density at radius 3 is 2.41 bits per heavy atom. The number of nitrogens with one attached hydrogen (secondary N) is 1. The van der Waals surface area contributed by atoms with Gasteiger partial charge in [0.05, 0.1) is 12.3 Å². The summed E-state index contributed by atoms with van der Waals surface area (Å²) in [4.78, 5) is 27.0. The third-order valence-corrected chi connectivity index (χ3v) is 6.76. The SMILES string of the molecule is CCCC(=O)Nc1ccc(C(=O)CSc2nnc(CN3CCCCC3)n2-c2ccccc2)cc1. The van der Waals surface area contributed by atoms with Crippen molar-refractivity contribution in [2.75, 3.05) is 24.2 Å². The number of piperidine rings is 1. The minimum absolute atomic E-state index is 0.0108. The van der Waals surface area contributed by atoms with Crippen molar-refractivity contribution < 1.29 is 9.59 Å². The number of carbonyl (C=O) groups is 2. The Morgan fingerprint density at radius 1 is 0.971 bits per heavy atom. The number of hydrogen-bond donors (Lipinski definition) is 1. The van der Waals surface area contributed by atoms with Crippen LogP contribution in [0.5, 0.6) is 0 Å². The first-order valence-electron chi connectivity index (χ1n) is 11.9. The van der Waals surface area contributed by atoms with Gasteiger partial charge in [-0.05, 0) is 68.8 Å². The molecule has 4 rings (SSSR count). The first kappa shape index (κ1) is 24.2. The molecule has 34 heavy (non-hydrogen) atoms. The fraction of sp³-hybridized carbons (Fsp3) is 0.385. The lowest BCUT2D eigenvalue weighted by Gasteiger charge is -2.26. The van der Waals surface area contributed by atoms with Gasteiger partial charge < -0.3 is 5.32 Å². The van der Waals surface area contributed by atoms with Gasteiger partial charge in [-0.15, -0.1) is 10.2 Å². The largest absolute Gasteiger partial charge is 0.326 e. The fourth-order valence-corrected chi connectivity index (χ4v) is 4.92. The molecule has 1 N–H and O–H groups in total. The van der Waals surface area contributed by atoms with Crippen LogP contribution in [0, 0.1) is 0 Å². The summed E-state index contributed by atoms with van der Waals surface area (Å²) in [6.45, 7) is 4.88. The highest BCUT2D eigenvalue weighted by Crippen LogP contribution is 2.25. The normalized spacial score (nSPS) is 14.1. The van der Waals surface area contributed by atoms with E-state index in [4.69, 9.17) is 0 Å². The number of aromatic nitrogens is 3. The minimum atomic E-state index is -0.0160. The maximum Gasteiger partial charge on any atom is 0.224 e. The average molecular weight is 478 g/mol. The number of ketones is 1. The third kappa shape index (κ3) is 6.33. The molecule has 0 spiro atoms. The molecule has 2 heterocycles. The van der Waals surface area contributed by atoms with Crippen LogP contribution in [-0.2, 0) is 11.3 Å². The van der Waals surface area contributed by atoms with E-state index in [1.165, 1.54) is 31.0 Å². The molecular formula is C26H31N5O2S. The van der Waals surface area contributed by atoms with Crippen LogP contribution < -0.4 is 5.32 Å². The number of anilines is 1. The van der Waals surface area contributed by atoms with E-state index in [0.29, 0.717) is 17.7 Å². The highest BCUT2D eigenvalue weighted by molar-refractivity contribution is 7.99. The Hall–Kier alpha value is -2.97. The van der Waals surface area contributed by atoms with Crippen molar-refractivity contribution in [3.05, 3.63) is 66.0 Å². The first-order valence-corrected chi connectivity index (χ1v) is 12.9. The van der Waals surface area contributed by atoms with Gasteiger partial charge in [-0.25, -0.2) is 0 Å². The number of nitrogens with zero attached hydrogens (tertiary/aromatic N) is 4. The Labute approximate surface area is 205 Å². The number of thioether (sulfide) groups is 1. The molecule has 0 aliphatic carbocycles. The van der Waals surface area contributed by atoms with Gasteiger partial charge in [-0.1, -0.05) is 43.3 Å². The molecule has 1 saturated heterocycles. The van der Waals surface area contributed by atoms with Crippen LogP contribution in [-0.4, -0.2) is 50.2 Å². The van der Waals surface area contributed by atoms with Gasteiger partial charge in [0.25, 0.3) is 0 Å². The number of hydrogen-bond acceptors (Lipinski definition) is 6. The molecule has 7 nitrogen and oxygen atoms in total. The zero-order chi connectivity index (χ0) is 23.8. The van der Waals surface area contributed by atoms with Crippen molar-refractivity contribution in [2.45, 2.75) is 50.7 Å². The molecule has 178 valence electrons. The topological polar surface area (TPSA) is 80.1 Å². The lowest BCUT2D eigenvalue weighted by Crippen LogP contribution is -2.30. The molecule has 1 aliphatic heterocycles. The molecule has 0 unspecified atom stereocenters. The monoisotopic (exact) mass is 477 g/mol. The number of para-hydroxylation sites is 1. The predicted octanol–water partition coefficient (Wildman–Crippen LogP) is 4.97. The van der Waals surface area contributed by atoms with Gasteiger partial charge in [-0.2, -0.15) is 0 Å². The van der Waals surface area contributed by atoms with E-state index in [1.807, 2.05) is 37.3 Å². The molecular weight excluding hydrogens is 446 g/mol. The van der Waals surface area contributed by atoms with Gasteiger partial charge in [-0.3, -0.25) is 19.1 Å². The third-order valence-electron chi connectivity index (χ3n) is 5.83. The number of Topliss-reactive ketones (excluding diaryl/α,β-unsaturated/α-hetero) is 1. The maximum atomic E-state index is 12.9. The molecule has 3 aromatic rings. The number of likely N-dealkylation sites (tertiary alicyclic amines) is 1. The van der Waals surface area contributed by atoms with Crippen LogP contribution in [0.15, 0.2) is 59.8 Å². The second-order valence-electron chi connectivity index (χ2n) is 8.49. The smallest absolute Gasteiger partial charge is 0.224 e. The van der Waals surface area contributed by atoms with Gasteiger partial charge in [0.1, 0.15) is 0 Å². The Balaban J connectivity index is 1.44. The van der Waals surface area contributed by atoms with Crippen molar-refractivity contribution >= 4 is 29.1 Å². The van der Waals surface area contributed by atoms with E-state index in [0.717, 1.165) is 42.7 Å². The van der Waals surface area contributed by atoms with E-state index < -0.39 is 0 Å². The summed E-state index contributed by atoms with van der Waals surface area (Å²) in [5, 5.41) is 12.5. The van der Waals surface area contributed by atoms with E-state index in [9.17, 15) is 9.59 Å². The van der Waals surface area contributed by atoms with Crippen molar-refractivity contribution in [1.29, 1.82) is 0 Å². The van der Waals surface area contributed by atoms with Gasteiger partial charge in [0, 0.05) is 23.4 Å². The van der Waals surface area contributed by atoms with Crippen LogP contribution in [0.2, 0.25) is 0 Å². The lowest BCUT2D eigenvalue weighted by molar-refractivity contribution is -0.116. The Kier molecular flexibility index (Phi) is 8.49. The number of rotatable bonds is 10. The van der Waals surface area contributed by atoms with E-state index in [1.54, 1.807) is 24.3 Å². The molecule has 1 amide bonds. The number of benzene rings is 2. The maximum absolute atomic E-state index is 12.9. The summed E-state index contributed by atoms with van der Waals surface area (Å²) in [6, 6.07) is 17.1. The zero-order valence-electron chi connectivity index (χ0n) is 19.6. The first-order chi connectivity index (χ1) is 16.6. The van der Waals surface area contributed by atoms with Gasteiger partial charge >= 0.3 is 0 Å². The van der Waals surface area contributed by atoms with Crippen LogP contribution in [0.3, 0.4) is 0 Å². The lowest BCUT2D eigenvalue weighted by atomic mass is 10.1. The zero-order valence-corrected chi connectivity index (χ0v) is 20.4.